The lowest BCUT2D eigenvalue weighted by Crippen LogP contribution is -1.81. The van der Waals surface area contributed by atoms with Gasteiger partial charge in [0.15, 0.2) is 0 Å². The zero-order valence-electron chi connectivity index (χ0n) is 10.4. The van der Waals surface area contributed by atoms with Gasteiger partial charge in [-0.3, -0.25) is 0 Å². The zero-order valence-corrected chi connectivity index (χ0v) is 11.9. The first-order chi connectivity index (χ1) is 9.76. The molecule has 0 radical (unpaired) electrons. The summed E-state index contributed by atoms with van der Waals surface area (Å²) < 4.78 is 0.684. The third-order valence-electron chi connectivity index (χ3n) is 2.93. The lowest BCUT2D eigenvalue weighted by atomic mass is 10.0. The van der Waals surface area contributed by atoms with Crippen molar-refractivity contribution in [3.63, 3.8) is 0 Å². The van der Waals surface area contributed by atoms with Crippen LogP contribution in [0.25, 0.3) is 21.7 Å². The molecule has 0 aliphatic heterocycles. The van der Waals surface area contributed by atoms with Gasteiger partial charge in [-0.25, -0.2) is 4.98 Å². The van der Waals surface area contributed by atoms with E-state index >= 15 is 0 Å². The Kier molecular flexibility index (Phi) is 3.51. The topological polar surface area (TPSA) is 36.7 Å². The summed E-state index contributed by atoms with van der Waals surface area (Å²) in [5.74, 6) is 0. The minimum Gasteiger partial charge on any atom is -0.243 e. The molecule has 2 nitrogen and oxygen atoms in total. The molecule has 96 valence electrons. The van der Waals surface area contributed by atoms with Crippen LogP contribution in [0.3, 0.4) is 0 Å². The van der Waals surface area contributed by atoms with Crippen molar-refractivity contribution in [2.75, 3.05) is 0 Å². The Morgan fingerprint density at radius 3 is 2.40 bits per heavy atom. The van der Waals surface area contributed by atoms with Crippen LogP contribution in [0.2, 0.25) is 4.34 Å². The molecule has 1 heterocycles. The molecular weight excluding hydrogens is 288 g/mol. The molecule has 3 aromatic rings. The molecule has 0 amide bonds. The summed E-state index contributed by atoms with van der Waals surface area (Å²) in [6.07, 6.45) is 1.66. The Bertz CT molecular complexity index is 785. The van der Waals surface area contributed by atoms with Crippen molar-refractivity contribution >= 4 is 22.9 Å². The van der Waals surface area contributed by atoms with Crippen LogP contribution in [0.5, 0.6) is 0 Å². The van der Waals surface area contributed by atoms with Gasteiger partial charge in [0.25, 0.3) is 0 Å². The summed E-state index contributed by atoms with van der Waals surface area (Å²) in [6, 6.07) is 17.8. The number of nitrogens with zero attached hydrogens (tertiary/aromatic N) is 2. The summed E-state index contributed by atoms with van der Waals surface area (Å²) in [7, 11) is 0. The minimum atomic E-state index is 0.664. The highest BCUT2D eigenvalue weighted by atomic mass is 35.5. The van der Waals surface area contributed by atoms with Crippen LogP contribution in [0.4, 0.5) is 0 Å². The molecule has 20 heavy (non-hydrogen) atoms. The van der Waals surface area contributed by atoms with Gasteiger partial charge in [-0.1, -0.05) is 41.9 Å². The van der Waals surface area contributed by atoms with E-state index in [0.717, 1.165) is 21.7 Å². The molecule has 0 aliphatic rings. The van der Waals surface area contributed by atoms with E-state index in [1.54, 1.807) is 6.20 Å². The smallest absolute Gasteiger partial charge is 0.124 e. The lowest BCUT2D eigenvalue weighted by Gasteiger charge is -2.04. The molecule has 0 bridgehead atoms. The standard InChI is InChI=1S/C16H9ClN2S/c17-15-10-19-16(20-15)14-3-1-2-13(8-14)12-6-4-11(9-18)5-7-12/h1-8,10H. The number of hydrogen-bond acceptors (Lipinski definition) is 3. The van der Waals surface area contributed by atoms with E-state index in [1.807, 2.05) is 42.5 Å². The normalized spacial score (nSPS) is 10.2. The summed E-state index contributed by atoms with van der Waals surface area (Å²) in [6.45, 7) is 0. The molecule has 0 saturated heterocycles. The highest BCUT2D eigenvalue weighted by Crippen LogP contribution is 2.31. The van der Waals surface area contributed by atoms with Crippen molar-refractivity contribution in [3.05, 3.63) is 64.6 Å². The Morgan fingerprint density at radius 1 is 1.00 bits per heavy atom. The molecule has 0 aliphatic carbocycles. The van der Waals surface area contributed by atoms with Crippen LogP contribution in [-0.4, -0.2) is 4.98 Å². The first-order valence-corrected chi connectivity index (χ1v) is 7.18. The number of benzene rings is 2. The maximum Gasteiger partial charge on any atom is 0.124 e. The monoisotopic (exact) mass is 296 g/mol. The third kappa shape index (κ3) is 2.57. The fourth-order valence-corrected chi connectivity index (χ4v) is 2.87. The highest BCUT2D eigenvalue weighted by Gasteiger charge is 2.05. The molecule has 1 aromatic heterocycles. The van der Waals surface area contributed by atoms with Gasteiger partial charge < -0.3 is 0 Å². The van der Waals surface area contributed by atoms with Crippen molar-refractivity contribution in [1.29, 1.82) is 5.26 Å². The van der Waals surface area contributed by atoms with E-state index in [4.69, 9.17) is 16.9 Å². The summed E-state index contributed by atoms with van der Waals surface area (Å²) in [4.78, 5) is 4.29. The van der Waals surface area contributed by atoms with Crippen molar-refractivity contribution in [3.8, 4) is 27.8 Å². The van der Waals surface area contributed by atoms with Gasteiger partial charge in [-0.2, -0.15) is 5.26 Å². The molecule has 0 spiro atoms. The average molecular weight is 297 g/mol. The van der Waals surface area contributed by atoms with Gasteiger partial charge in [-0.15, -0.1) is 11.3 Å². The number of hydrogen-bond donors (Lipinski definition) is 0. The SMILES string of the molecule is N#Cc1ccc(-c2cccc(-c3ncc(Cl)s3)c2)cc1. The quantitative estimate of drug-likeness (QED) is 0.667. The number of nitriles is 1. The van der Waals surface area contributed by atoms with Gasteiger partial charge >= 0.3 is 0 Å². The van der Waals surface area contributed by atoms with Crippen LogP contribution < -0.4 is 0 Å². The predicted molar refractivity (Wildman–Crippen MR) is 82.7 cm³/mol. The third-order valence-corrected chi connectivity index (χ3v) is 4.10. The Morgan fingerprint density at radius 2 is 1.75 bits per heavy atom. The Balaban J connectivity index is 2.00. The van der Waals surface area contributed by atoms with Crippen LogP contribution in [0, 0.1) is 11.3 Å². The van der Waals surface area contributed by atoms with E-state index in [-0.39, 0.29) is 0 Å². The second-order valence-corrected chi connectivity index (χ2v) is 5.90. The van der Waals surface area contributed by atoms with Gasteiger partial charge in [0, 0.05) is 5.56 Å². The first-order valence-electron chi connectivity index (χ1n) is 5.98. The number of thiazole rings is 1. The second-order valence-electron chi connectivity index (χ2n) is 4.24. The second kappa shape index (κ2) is 5.46. The Labute approximate surface area is 125 Å². The van der Waals surface area contributed by atoms with E-state index in [9.17, 15) is 0 Å². The first kappa shape index (κ1) is 12.9. The molecular formula is C16H9ClN2S. The van der Waals surface area contributed by atoms with E-state index in [1.165, 1.54) is 11.3 Å². The maximum atomic E-state index is 8.82. The number of aromatic nitrogens is 1. The van der Waals surface area contributed by atoms with Crippen molar-refractivity contribution in [2.45, 2.75) is 0 Å². The zero-order chi connectivity index (χ0) is 13.9. The molecule has 0 N–H and O–H groups in total. The molecule has 4 heteroatoms. The molecule has 0 saturated carbocycles. The average Bonchev–Trinajstić information content (AvgIpc) is 2.94. The van der Waals surface area contributed by atoms with E-state index in [0.29, 0.717) is 9.90 Å². The van der Waals surface area contributed by atoms with Gasteiger partial charge in [0.05, 0.1) is 17.8 Å². The largest absolute Gasteiger partial charge is 0.243 e. The molecule has 3 rings (SSSR count). The lowest BCUT2D eigenvalue weighted by molar-refractivity contribution is 1.41. The van der Waals surface area contributed by atoms with Crippen LogP contribution in [0.15, 0.2) is 54.7 Å². The van der Waals surface area contributed by atoms with Crippen LogP contribution in [0.1, 0.15) is 5.56 Å². The van der Waals surface area contributed by atoms with Gasteiger partial charge in [-0.05, 0) is 29.3 Å². The van der Waals surface area contributed by atoms with Gasteiger partial charge in [0.2, 0.25) is 0 Å². The van der Waals surface area contributed by atoms with E-state index < -0.39 is 0 Å². The maximum absolute atomic E-state index is 8.82. The molecule has 0 unspecified atom stereocenters. The van der Waals surface area contributed by atoms with Crippen LogP contribution in [-0.2, 0) is 0 Å². The predicted octanol–water partition coefficient (Wildman–Crippen LogP) is 5.00. The van der Waals surface area contributed by atoms with Crippen LogP contribution >= 0.6 is 22.9 Å². The number of rotatable bonds is 2. The minimum absolute atomic E-state index is 0.664. The van der Waals surface area contributed by atoms with Crippen molar-refractivity contribution in [1.82, 2.24) is 4.98 Å². The van der Waals surface area contributed by atoms with Crippen molar-refractivity contribution in [2.24, 2.45) is 0 Å². The fraction of sp³-hybridized carbons (Fsp3) is 0. The summed E-state index contributed by atoms with van der Waals surface area (Å²) >= 11 is 7.39. The molecule has 2 aromatic carbocycles. The molecule has 0 fully saturated rings. The van der Waals surface area contributed by atoms with Gasteiger partial charge in [0.1, 0.15) is 9.34 Å². The number of halogens is 1. The Hall–Kier alpha value is -2.15. The van der Waals surface area contributed by atoms with Crippen molar-refractivity contribution < 1.29 is 0 Å². The molecule has 0 atom stereocenters. The highest BCUT2D eigenvalue weighted by molar-refractivity contribution is 7.18. The summed E-state index contributed by atoms with van der Waals surface area (Å²) in [5.41, 5.74) is 3.88. The van der Waals surface area contributed by atoms with E-state index in [2.05, 4.69) is 17.1 Å². The fourth-order valence-electron chi connectivity index (χ4n) is 1.96. The summed E-state index contributed by atoms with van der Waals surface area (Å²) in [5, 5.41) is 9.73.